The van der Waals surface area contributed by atoms with Crippen molar-refractivity contribution in [2.24, 2.45) is 17.8 Å². The van der Waals surface area contributed by atoms with Gasteiger partial charge in [0.2, 0.25) is 5.91 Å². The van der Waals surface area contributed by atoms with E-state index in [1.165, 1.54) is 56.3 Å². The maximum Gasteiger partial charge on any atom is 0.227 e. The molecule has 1 aromatic rings. The molecule has 1 N–H and O–H groups in total. The smallest absolute Gasteiger partial charge is 0.227 e. The topological polar surface area (TPSA) is 35.6 Å². The Bertz CT molecular complexity index is 747. The Hall–Kier alpha value is -1.55. The Morgan fingerprint density at radius 2 is 2.00 bits per heavy atom. The molecule has 2 heterocycles. The van der Waals surface area contributed by atoms with E-state index in [2.05, 4.69) is 47.2 Å². The van der Waals surface area contributed by atoms with Crippen molar-refractivity contribution in [1.82, 2.24) is 4.90 Å². The molecule has 4 heteroatoms. The Balaban J connectivity index is 1.22. The summed E-state index contributed by atoms with van der Waals surface area (Å²) in [5.74, 6) is 1.96. The third-order valence-corrected chi connectivity index (χ3v) is 8.14. The van der Waals surface area contributed by atoms with Gasteiger partial charge in [-0.15, -0.1) is 0 Å². The van der Waals surface area contributed by atoms with Crippen LogP contribution in [0, 0.1) is 24.7 Å². The van der Waals surface area contributed by atoms with Crippen molar-refractivity contribution in [3.05, 3.63) is 23.8 Å². The second-order valence-corrected chi connectivity index (χ2v) is 9.89. The quantitative estimate of drug-likeness (QED) is 0.838. The molecule has 2 aliphatic carbocycles. The lowest BCUT2D eigenvalue weighted by Crippen LogP contribution is -2.39. The molecule has 4 aliphatic rings. The number of nitrogens with zero attached hydrogens (tertiary/aromatic N) is 2. The van der Waals surface area contributed by atoms with E-state index in [4.69, 9.17) is 0 Å². The van der Waals surface area contributed by atoms with Crippen molar-refractivity contribution in [3.8, 4) is 0 Å². The van der Waals surface area contributed by atoms with Crippen molar-refractivity contribution in [3.63, 3.8) is 0 Å². The number of amides is 1. The number of hydrogen-bond donors (Lipinski definition) is 1. The first kappa shape index (κ1) is 18.5. The maximum atomic E-state index is 12.8. The molecule has 2 saturated carbocycles. The number of carbonyl (C=O) groups excluding carboxylic acids is 1. The van der Waals surface area contributed by atoms with E-state index < -0.39 is 0 Å². The molecule has 4 nitrogen and oxygen atoms in total. The largest absolute Gasteiger partial charge is 0.370 e. The number of rotatable bonds is 4. The van der Waals surface area contributed by atoms with Crippen LogP contribution in [0.2, 0.25) is 0 Å². The molecule has 2 bridgehead atoms. The van der Waals surface area contributed by atoms with Crippen LogP contribution < -0.4 is 10.2 Å². The molecule has 1 unspecified atom stereocenters. The Morgan fingerprint density at radius 3 is 2.68 bits per heavy atom. The zero-order valence-corrected chi connectivity index (χ0v) is 17.5. The zero-order valence-electron chi connectivity index (χ0n) is 17.5. The van der Waals surface area contributed by atoms with Crippen LogP contribution in [-0.2, 0) is 4.79 Å². The van der Waals surface area contributed by atoms with Gasteiger partial charge in [-0.25, -0.2) is 0 Å². The molecule has 28 heavy (non-hydrogen) atoms. The molecular weight excluding hydrogens is 346 g/mol. The van der Waals surface area contributed by atoms with Crippen LogP contribution >= 0.6 is 0 Å². The zero-order chi connectivity index (χ0) is 19.3. The Morgan fingerprint density at radius 1 is 1.11 bits per heavy atom. The van der Waals surface area contributed by atoms with Crippen LogP contribution in [-0.4, -0.2) is 42.5 Å². The van der Waals surface area contributed by atoms with E-state index in [-0.39, 0.29) is 11.8 Å². The third-order valence-electron chi connectivity index (χ3n) is 8.14. The summed E-state index contributed by atoms with van der Waals surface area (Å²) < 4.78 is 0. The normalized spacial score (nSPS) is 35.1. The second-order valence-electron chi connectivity index (χ2n) is 9.89. The van der Waals surface area contributed by atoms with Crippen LogP contribution in [0.25, 0.3) is 0 Å². The summed E-state index contributed by atoms with van der Waals surface area (Å²) >= 11 is 0. The summed E-state index contributed by atoms with van der Waals surface area (Å²) in [6.45, 7) is 8.07. The molecule has 5 atom stereocenters. The molecule has 4 fully saturated rings. The van der Waals surface area contributed by atoms with Gasteiger partial charge in [-0.1, -0.05) is 6.42 Å². The number of fused-ring (bicyclic) bond motifs is 2. The maximum absolute atomic E-state index is 12.8. The number of likely N-dealkylation sites (tertiary alicyclic amines) is 1. The first-order chi connectivity index (χ1) is 13.6. The van der Waals surface area contributed by atoms with E-state index in [1.807, 2.05) is 0 Å². The van der Waals surface area contributed by atoms with Gasteiger partial charge < -0.3 is 10.2 Å². The Labute approximate surface area is 169 Å². The van der Waals surface area contributed by atoms with Gasteiger partial charge >= 0.3 is 0 Å². The lowest BCUT2D eigenvalue weighted by Gasteiger charge is -2.29. The lowest BCUT2D eigenvalue weighted by atomic mass is 9.88. The van der Waals surface area contributed by atoms with Crippen molar-refractivity contribution in [2.75, 3.05) is 29.9 Å². The molecule has 2 saturated heterocycles. The number of benzene rings is 1. The van der Waals surface area contributed by atoms with Gasteiger partial charge in [0.05, 0.1) is 0 Å². The summed E-state index contributed by atoms with van der Waals surface area (Å²) in [7, 11) is 0. The minimum atomic E-state index is 0.250. The van der Waals surface area contributed by atoms with E-state index >= 15 is 0 Å². The highest BCUT2D eigenvalue weighted by molar-refractivity contribution is 5.94. The lowest BCUT2D eigenvalue weighted by molar-refractivity contribution is -0.121. The fourth-order valence-corrected chi connectivity index (χ4v) is 6.52. The van der Waals surface area contributed by atoms with Crippen molar-refractivity contribution < 1.29 is 4.79 Å². The number of anilines is 2. The van der Waals surface area contributed by atoms with Gasteiger partial charge in [0, 0.05) is 42.5 Å². The minimum absolute atomic E-state index is 0.250. The number of nitrogens with one attached hydrogen (secondary N) is 1. The highest BCUT2D eigenvalue weighted by Gasteiger charge is 2.43. The van der Waals surface area contributed by atoms with Gasteiger partial charge in [-0.3, -0.25) is 9.69 Å². The van der Waals surface area contributed by atoms with E-state index in [0.29, 0.717) is 12.0 Å². The number of aryl methyl sites for hydroxylation is 1. The molecule has 5 rings (SSSR count). The SMILES string of the molecule is Cc1cc(N2CC[C@H](N3CCC[C@@H]3C)C2)ccc1NC(=O)C1C[C@H]2CC[C@@H]1C2. The summed E-state index contributed by atoms with van der Waals surface area (Å²) in [5.41, 5.74) is 3.50. The van der Waals surface area contributed by atoms with Crippen LogP contribution in [0.1, 0.15) is 57.4 Å². The van der Waals surface area contributed by atoms with Crippen LogP contribution in [0.3, 0.4) is 0 Å². The van der Waals surface area contributed by atoms with Crippen LogP contribution in [0.15, 0.2) is 18.2 Å². The molecule has 0 spiro atoms. The van der Waals surface area contributed by atoms with Gasteiger partial charge in [-0.05, 0) is 94.5 Å². The van der Waals surface area contributed by atoms with Crippen molar-refractivity contribution in [1.29, 1.82) is 0 Å². The summed E-state index contributed by atoms with van der Waals surface area (Å²) in [6.07, 6.45) is 8.97. The third kappa shape index (κ3) is 3.34. The van der Waals surface area contributed by atoms with Gasteiger partial charge in [0.15, 0.2) is 0 Å². The van der Waals surface area contributed by atoms with E-state index in [0.717, 1.165) is 37.2 Å². The highest BCUT2D eigenvalue weighted by Crippen LogP contribution is 2.48. The minimum Gasteiger partial charge on any atom is -0.370 e. The fourth-order valence-electron chi connectivity index (χ4n) is 6.52. The highest BCUT2D eigenvalue weighted by atomic mass is 16.1. The first-order valence-electron chi connectivity index (χ1n) is 11.5. The molecule has 1 amide bonds. The van der Waals surface area contributed by atoms with E-state index in [1.54, 1.807) is 0 Å². The fraction of sp³-hybridized carbons (Fsp3) is 0.708. The van der Waals surface area contributed by atoms with Gasteiger partial charge in [0.1, 0.15) is 0 Å². The molecule has 1 aromatic carbocycles. The van der Waals surface area contributed by atoms with Crippen LogP contribution in [0.5, 0.6) is 0 Å². The molecular formula is C24H35N3O. The van der Waals surface area contributed by atoms with E-state index in [9.17, 15) is 4.79 Å². The molecule has 152 valence electrons. The standard InChI is InChI=1S/C24H35N3O/c1-16-12-20(26-11-9-21(15-26)27-10-3-4-17(27)2)7-8-23(16)25-24(28)22-14-18-5-6-19(22)13-18/h7-8,12,17-19,21-22H,3-6,9-11,13-15H2,1-2H3,(H,25,28)/t17-,18-,19+,21-,22?/m0/s1. The van der Waals surface area contributed by atoms with Crippen LogP contribution in [0.4, 0.5) is 11.4 Å². The number of hydrogen-bond acceptors (Lipinski definition) is 3. The predicted octanol–water partition coefficient (Wildman–Crippen LogP) is 4.43. The van der Waals surface area contributed by atoms with Gasteiger partial charge in [-0.2, -0.15) is 0 Å². The average molecular weight is 382 g/mol. The second kappa shape index (κ2) is 7.37. The van der Waals surface area contributed by atoms with Crippen molar-refractivity contribution in [2.45, 2.75) is 70.9 Å². The molecule has 0 radical (unpaired) electrons. The summed E-state index contributed by atoms with van der Waals surface area (Å²) in [6, 6.07) is 8.05. The first-order valence-corrected chi connectivity index (χ1v) is 11.5. The summed E-state index contributed by atoms with van der Waals surface area (Å²) in [4.78, 5) is 18.0. The average Bonchev–Trinajstić information content (AvgIpc) is 3.47. The predicted molar refractivity (Wildman–Crippen MR) is 115 cm³/mol. The number of carbonyl (C=O) groups is 1. The van der Waals surface area contributed by atoms with Gasteiger partial charge in [0.25, 0.3) is 0 Å². The monoisotopic (exact) mass is 381 g/mol. The molecule has 0 aromatic heterocycles. The van der Waals surface area contributed by atoms with Crippen molar-refractivity contribution >= 4 is 17.3 Å². The molecule has 2 aliphatic heterocycles. The summed E-state index contributed by atoms with van der Waals surface area (Å²) in [5, 5.41) is 3.25. The Kier molecular flexibility index (Phi) is 4.86.